The smallest absolute Gasteiger partial charge is 0.0107 e. The van der Waals surface area contributed by atoms with Gasteiger partial charge in [0.2, 0.25) is 0 Å². The summed E-state index contributed by atoms with van der Waals surface area (Å²) in [5.74, 6) is 0.729. The molecule has 1 unspecified atom stereocenters. The molecule has 1 saturated heterocycles. The molecule has 0 aromatic heterocycles. The van der Waals surface area contributed by atoms with Crippen LogP contribution in [0, 0.1) is 5.92 Å². The molecule has 0 amide bonds. The van der Waals surface area contributed by atoms with E-state index >= 15 is 0 Å². The Morgan fingerprint density at radius 2 is 1.81 bits per heavy atom. The van der Waals surface area contributed by atoms with Gasteiger partial charge in [-0.2, -0.15) is 0 Å². The van der Waals surface area contributed by atoms with Crippen molar-refractivity contribution < 1.29 is 0 Å². The third kappa shape index (κ3) is 3.72. The number of hydrogen-bond donors (Lipinski definition) is 2. The molecule has 2 aliphatic rings. The van der Waals surface area contributed by atoms with Gasteiger partial charge in [0.25, 0.3) is 0 Å². The summed E-state index contributed by atoms with van der Waals surface area (Å²) in [6.07, 6.45) is 8.08. The summed E-state index contributed by atoms with van der Waals surface area (Å²) >= 11 is 0. The molecule has 94 valence electrons. The van der Waals surface area contributed by atoms with Crippen molar-refractivity contribution in [3.63, 3.8) is 0 Å². The minimum atomic E-state index is 0.452. The highest BCUT2D eigenvalue weighted by molar-refractivity contribution is 4.79. The molecular weight excluding hydrogens is 198 g/mol. The molecule has 0 bridgehead atoms. The Hall–Kier alpha value is -0.120. The molecule has 1 saturated carbocycles. The van der Waals surface area contributed by atoms with Gasteiger partial charge in [-0.15, -0.1) is 0 Å². The Bertz CT molecular complexity index is 190. The summed E-state index contributed by atoms with van der Waals surface area (Å²) < 4.78 is 0. The topological polar surface area (TPSA) is 41.3 Å². The van der Waals surface area contributed by atoms with Crippen LogP contribution >= 0.6 is 0 Å². The number of nitrogens with one attached hydrogen (secondary N) is 1. The molecule has 0 aromatic rings. The van der Waals surface area contributed by atoms with Gasteiger partial charge in [-0.3, -0.25) is 0 Å². The first-order valence-electron chi connectivity index (χ1n) is 7.05. The van der Waals surface area contributed by atoms with Crippen LogP contribution in [0.15, 0.2) is 0 Å². The standard InChI is InChI=1S/C13H27N3/c14-13-6-2-1-5-12(13)11-15-7-10-16-8-3-4-9-16/h12-13,15H,1-11,14H2/t12?,13-/m0/s1. The average molecular weight is 225 g/mol. The second-order valence-electron chi connectivity index (χ2n) is 5.46. The van der Waals surface area contributed by atoms with Crippen molar-refractivity contribution in [1.82, 2.24) is 10.2 Å². The van der Waals surface area contributed by atoms with Crippen LogP contribution in [0.1, 0.15) is 38.5 Å². The molecule has 0 radical (unpaired) electrons. The molecule has 3 heteroatoms. The molecule has 3 N–H and O–H groups in total. The summed E-state index contributed by atoms with van der Waals surface area (Å²) in [7, 11) is 0. The van der Waals surface area contributed by atoms with Crippen molar-refractivity contribution in [2.45, 2.75) is 44.6 Å². The van der Waals surface area contributed by atoms with Crippen LogP contribution in [0.5, 0.6) is 0 Å². The summed E-state index contributed by atoms with van der Waals surface area (Å²) in [5, 5.41) is 3.59. The average Bonchev–Trinajstić information content (AvgIpc) is 2.79. The van der Waals surface area contributed by atoms with E-state index in [1.165, 1.54) is 58.2 Å². The van der Waals surface area contributed by atoms with Crippen LogP contribution < -0.4 is 11.1 Å². The van der Waals surface area contributed by atoms with E-state index in [0.717, 1.165) is 19.0 Å². The van der Waals surface area contributed by atoms with Gasteiger partial charge in [0.15, 0.2) is 0 Å². The SMILES string of the molecule is N[C@H]1CCCCC1CNCCN1CCCC1. The normalized spacial score (nSPS) is 32.1. The lowest BCUT2D eigenvalue weighted by Gasteiger charge is -2.29. The lowest BCUT2D eigenvalue weighted by Crippen LogP contribution is -2.41. The fourth-order valence-corrected chi connectivity index (χ4v) is 3.02. The lowest BCUT2D eigenvalue weighted by molar-refractivity contribution is 0.284. The number of likely N-dealkylation sites (tertiary alicyclic amines) is 1. The molecule has 1 heterocycles. The molecular formula is C13H27N3. The van der Waals surface area contributed by atoms with E-state index in [-0.39, 0.29) is 0 Å². The van der Waals surface area contributed by atoms with Crippen LogP contribution in [0.25, 0.3) is 0 Å². The maximum absolute atomic E-state index is 6.13. The van der Waals surface area contributed by atoms with E-state index in [2.05, 4.69) is 10.2 Å². The van der Waals surface area contributed by atoms with Crippen molar-refractivity contribution >= 4 is 0 Å². The fourth-order valence-electron chi connectivity index (χ4n) is 3.02. The highest BCUT2D eigenvalue weighted by atomic mass is 15.1. The van der Waals surface area contributed by atoms with Gasteiger partial charge in [-0.05, 0) is 51.2 Å². The molecule has 16 heavy (non-hydrogen) atoms. The number of hydrogen-bond acceptors (Lipinski definition) is 3. The van der Waals surface area contributed by atoms with E-state index < -0.39 is 0 Å². The monoisotopic (exact) mass is 225 g/mol. The van der Waals surface area contributed by atoms with Crippen LogP contribution in [0.2, 0.25) is 0 Å². The maximum atomic E-state index is 6.13. The first kappa shape index (κ1) is 12.3. The van der Waals surface area contributed by atoms with Gasteiger partial charge in [-0.25, -0.2) is 0 Å². The van der Waals surface area contributed by atoms with Crippen LogP contribution in [0.4, 0.5) is 0 Å². The Morgan fingerprint density at radius 1 is 1.06 bits per heavy atom. The maximum Gasteiger partial charge on any atom is 0.0107 e. The fraction of sp³-hybridized carbons (Fsp3) is 1.00. The van der Waals surface area contributed by atoms with Gasteiger partial charge in [0.05, 0.1) is 0 Å². The van der Waals surface area contributed by atoms with Gasteiger partial charge >= 0.3 is 0 Å². The van der Waals surface area contributed by atoms with Gasteiger partial charge in [-0.1, -0.05) is 12.8 Å². The van der Waals surface area contributed by atoms with Crippen molar-refractivity contribution in [3.8, 4) is 0 Å². The second kappa shape index (κ2) is 6.58. The van der Waals surface area contributed by atoms with Gasteiger partial charge in [0, 0.05) is 19.1 Å². The summed E-state index contributed by atoms with van der Waals surface area (Å²) in [5.41, 5.74) is 6.13. The van der Waals surface area contributed by atoms with E-state index in [9.17, 15) is 0 Å². The number of nitrogens with zero attached hydrogens (tertiary/aromatic N) is 1. The predicted octanol–water partition coefficient (Wildman–Crippen LogP) is 1.19. The Labute approximate surface area is 99.8 Å². The number of rotatable bonds is 5. The molecule has 0 spiro atoms. The first-order valence-corrected chi connectivity index (χ1v) is 7.05. The molecule has 0 aromatic carbocycles. The Balaban J connectivity index is 1.53. The van der Waals surface area contributed by atoms with E-state index in [0.29, 0.717) is 6.04 Å². The van der Waals surface area contributed by atoms with E-state index in [1.807, 2.05) is 0 Å². The largest absolute Gasteiger partial charge is 0.327 e. The third-order valence-electron chi connectivity index (χ3n) is 4.18. The highest BCUT2D eigenvalue weighted by Crippen LogP contribution is 2.22. The lowest BCUT2D eigenvalue weighted by atomic mass is 9.85. The zero-order valence-corrected chi connectivity index (χ0v) is 10.5. The molecule has 3 nitrogen and oxygen atoms in total. The van der Waals surface area contributed by atoms with E-state index in [1.54, 1.807) is 0 Å². The predicted molar refractivity (Wildman–Crippen MR) is 68.5 cm³/mol. The van der Waals surface area contributed by atoms with Crippen LogP contribution in [0.3, 0.4) is 0 Å². The minimum Gasteiger partial charge on any atom is -0.327 e. The zero-order valence-electron chi connectivity index (χ0n) is 10.5. The van der Waals surface area contributed by atoms with Crippen LogP contribution in [-0.4, -0.2) is 43.7 Å². The van der Waals surface area contributed by atoms with Crippen molar-refractivity contribution in [2.24, 2.45) is 11.7 Å². The molecule has 2 fully saturated rings. The second-order valence-corrected chi connectivity index (χ2v) is 5.46. The van der Waals surface area contributed by atoms with Crippen molar-refractivity contribution in [2.75, 3.05) is 32.7 Å². The third-order valence-corrected chi connectivity index (χ3v) is 4.18. The Kier molecular flexibility index (Phi) is 5.07. The molecule has 1 aliphatic heterocycles. The van der Waals surface area contributed by atoms with Crippen molar-refractivity contribution in [1.29, 1.82) is 0 Å². The van der Waals surface area contributed by atoms with E-state index in [4.69, 9.17) is 5.73 Å². The summed E-state index contributed by atoms with van der Waals surface area (Å²) in [4.78, 5) is 2.56. The first-order chi connectivity index (χ1) is 7.86. The van der Waals surface area contributed by atoms with Gasteiger partial charge < -0.3 is 16.0 Å². The summed E-state index contributed by atoms with van der Waals surface area (Å²) in [6, 6.07) is 0.452. The Morgan fingerprint density at radius 3 is 2.56 bits per heavy atom. The van der Waals surface area contributed by atoms with Crippen LogP contribution in [-0.2, 0) is 0 Å². The zero-order chi connectivity index (χ0) is 11.2. The van der Waals surface area contributed by atoms with Gasteiger partial charge in [0.1, 0.15) is 0 Å². The van der Waals surface area contributed by atoms with Crippen molar-refractivity contribution in [3.05, 3.63) is 0 Å². The molecule has 2 rings (SSSR count). The summed E-state index contributed by atoms with van der Waals surface area (Å²) in [6.45, 7) is 6.12. The number of nitrogens with two attached hydrogens (primary N) is 1. The minimum absolute atomic E-state index is 0.452. The quantitative estimate of drug-likeness (QED) is 0.691. The molecule has 2 atom stereocenters. The highest BCUT2D eigenvalue weighted by Gasteiger charge is 2.21. The molecule has 1 aliphatic carbocycles.